The molecule has 1 heterocycles. The lowest BCUT2D eigenvalue weighted by Gasteiger charge is -2.08. The number of aliphatic hydroxyl groups is 1. The first-order chi connectivity index (χ1) is 10.8. The van der Waals surface area contributed by atoms with Gasteiger partial charge in [-0.15, -0.1) is 0 Å². The Morgan fingerprint density at radius 1 is 1.09 bits per heavy atom. The van der Waals surface area contributed by atoms with Gasteiger partial charge in [-0.1, -0.05) is 35.9 Å². The van der Waals surface area contributed by atoms with E-state index in [-0.39, 0.29) is 6.61 Å². The number of anilines is 1. The summed E-state index contributed by atoms with van der Waals surface area (Å²) >= 11 is 0. The predicted molar refractivity (Wildman–Crippen MR) is 86.4 cm³/mol. The van der Waals surface area contributed by atoms with Gasteiger partial charge in [0.25, 0.3) is 0 Å². The Labute approximate surface area is 129 Å². The van der Waals surface area contributed by atoms with Gasteiger partial charge in [-0.05, 0) is 25.1 Å². The molecule has 0 radical (unpaired) electrons. The summed E-state index contributed by atoms with van der Waals surface area (Å²) in [4.78, 5) is 4.49. The Morgan fingerprint density at radius 2 is 1.86 bits per heavy atom. The molecule has 4 nitrogen and oxygen atoms in total. The largest absolute Gasteiger partial charge is 0.444 e. The number of aliphatic hydroxyl groups excluding tert-OH is 1. The Morgan fingerprint density at radius 3 is 2.64 bits per heavy atom. The summed E-state index contributed by atoms with van der Waals surface area (Å²) in [5, 5.41) is 12.6. The van der Waals surface area contributed by atoms with Gasteiger partial charge in [-0.3, -0.25) is 0 Å². The summed E-state index contributed by atoms with van der Waals surface area (Å²) < 4.78 is 5.54. The molecule has 0 saturated carbocycles. The molecule has 0 aliphatic carbocycles. The average Bonchev–Trinajstić information content (AvgIpc) is 3.03. The van der Waals surface area contributed by atoms with E-state index in [9.17, 15) is 5.11 Å². The van der Waals surface area contributed by atoms with E-state index < -0.39 is 0 Å². The molecule has 0 atom stereocenters. The van der Waals surface area contributed by atoms with Gasteiger partial charge in [0.2, 0.25) is 5.89 Å². The lowest BCUT2D eigenvalue weighted by Crippen LogP contribution is -2.02. The highest BCUT2D eigenvalue weighted by Crippen LogP contribution is 2.20. The van der Waals surface area contributed by atoms with Crippen LogP contribution < -0.4 is 5.32 Å². The number of nitrogens with one attached hydrogen (secondary N) is 1. The van der Waals surface area contributed by atoms with Crippen LogP contribution in [0.15, 0.2) is 59.2 Å². The van der Waals surface area contributed by atoms with Crippen molar-refractivity contribution in [1.82, 2.24) is 4.98 Å². The number of aryl methyl sites for hydroxylation is 1. The molecule has 0 bridgehead atoms. The molecule has 112 valence electrons. The second kappa shape index (κ2) is 6.45. The van der Waals surface area contributed by atoms with E-state index >= 15 is 0 Å². The molecular weight excluding hydrogens is 276 g/mol. The zero-order valence-corrected chi connectivity index (χ0v) is 12.4. The van der Waals surface area contributed by atoms with Crippen LogP contribution in [0.5, 0.6) is 0 Å². The van der Waals surface area contributed by atoms with Crippen LogP contribution in [0.25, 0.3) is 11.5 Å². The van der Waals surface area contributed by atoms with Gasteiger partial charge >= 0.3 is 0 Å². The van der Waals surface area contributed by atoms with Gasteiger partial charge in [0, 0.05) is 16.8 Å². The Bertz CT molecular complexity index is 748. The van der Waals surface area contributed by atoms with Crippen molar-refractivity contribution in [1.29, 1.82) is 0 Å². The van der Waals surface area contributed by atoms with Gasteiger partial charge in [0.05, 0.1) is 18.8 Å². The number of aromatic nitrogens is 1. The van der Waals surface area contributed by atoms with E-state index in [2.05, 4.69) is 10.3 Å². The zero-order valence-electron chi connectivity index (χ0n) is 12.4. The van der Waals surface area contributed by atoms with Gasteiger partial charge in [0.1, 0.15) is 6.26 Å². The summed E-state index contributed by atoms with van der Waals surface area (Å²) in [6, 6.07) is 15.7. The van der Waals surface area contributed by atoms with Crippen LogP contribution in [0.1, 0.15) is 16.8 Å². The molecule has 2 aromatic carbocycles. The van der Waals surface area contributed by atoms with Gasteiger partial charge in [-0.25, -0.2) is 4.98 Å². The predicted octanol–water partition coefficient (Wildman–Crippen LogP) is 3.75. The maximum absolute atomic E-state index is 9.32. The minimum absolute atomic E-state index is 0.0105. The molecule has 22 heavy (non-hydrogen) atoms. The van der Waals surface area contributed by atoms with Crippen LogP contribution in [0.3, 0.4) is 0 Å². The third kappa shape index (κ3) is 3.18. The first-order valence-electron chi connectivity index (χ1n) is 7.20. The molecule has 3 aromatic rings. The summed E-state index contributed by atoms with van der Waals surface area (Å²) in [6.45, 7) is 2.61. The van der Waals surface area contributed by atoms with Crippen LogP contribution in [0.2, 0.25) is 0 Å². The topological polar surface area (TPSA) is 58.3 Å². The van der Waals surface area contributed by atoms with E-state index in [1.807, 2.05) is 55.5 Å². The quantitative estimate of drug-likeness (QED) is 0.752. The van der Waals surface area contributed by atoms with Gasteiger partial charge < -0.3 is 14.8 Å². The summed E-state index contributed by atoms with van der Waals surface area (Å²) in [7, 11) is 0. The second-order valence-electron chi connectivity index (χ2n) is 5.18. The second-order valence-corrected chi connectivity index (χ2v) is 5.18. The van der Waals surface area contributed by atoms with Crippen molar-refractivity contribution < 1.29 is 9.52 Å². The smallest absolute Gasteiger partial charge is 0.226 e. The standard InChI is InChI=1S/C18H18N2O2/c1-13-6-8-14(9-7-13)18-20-16(12-22-18)10-19-17-5-3-2-4-15(17)11-21/h2-9,12,19,21H,10-11H2,1H3. The highest BCUT2D eigenvalue weighted by atomic mass is 16.3. The number of para-hydroxylation sites is 1. The fraction of sp³-hybridized carbons (Fsp3) is 0.167. The number of nitrogens with zero attached hydrogens (tertiary/aromatic N) is 1. The van der Waals surface area contributed by atoms with E-state index in [4.69, 9.17) is 4.42 Å². The highest BCUT2D eigenvalue weighted by Gasteiger charge is 2.07. The lowest BCUT2D eigenvalue weighted by atomic mass is 10.1. The van der Waals surface area contributed by atoms with Crippen LogP contribution in [0.4, 0.5) is 5.69 Å². The first kappa shape index (κ1) is 14.4. The normalized spacial score (nSPS) is 10.6. The fourth-order valence-electron chi connectivity index (χ4n) is 2.23. The first-order valence-corrected chi connectivity index (χ1v) is 7.20. The van der Waals surface area contributed by atoms with Crippen LogP contribution in [0, 0.1) is 6.92 Å². The average molecular weight is 294 g/mol. The maximum atomic E-state index is 9.32. The Balaban J connectivity index is 1.71. The van der Waals surface area contributed by atoms with Gasteiger partial charge in [0.15, 0.2) is 0 Å². The van der Waals surface area contributed by atoms with Crippen molar-refractivity contribution in [3.05, 3.63) is 71.6 Å². The minimum Gasteiger partial charge on any atom is -0.444 e. The highest BCUT2D eigenvalue weighted by molar-refractivity contribution is 5.54. The molecule has 0 aliphatic rings. The van der Waals surface area contributed by atoms with Crippen molar-refractivity contribution >= 4 is 5.69 Å². The molecule has 3 rings (SSSR count). The number of oxazole rings is 1. The van der Waals surface area contributed by atoms with E-state index in [0.717, 1.165) is 22.5 Å². The number of hydrogen-bond donors (Lipinski definition) is 2. The lowest BCUT2D eigenvalue weighted by molar-refractivity contribution is 0.282. The fourth-order valence-corrected chi connectivity index (χ4v) is 2.23. The van der Waals surface area contributed by atoms with Crippen molar-refractivity contribution in [2.75, 3.05) is 5.32 Å². The number of rotatable bonds is 5. The number of benzene rings is 2. The minimum atomic E-state index is 0.0105. The molecule has 1 aromatic heterocycles. The third-order valence-corrected chi connectivity index (χ3v) is 3.50. The molecule has 0 amide bonds. The van der Waals surface area contributed by atoms with E-state index in [1.165, 1.54) is 5.56 Å². The molecule has 4 heteroatoms. The molecule has 0 fully saturated rings. The van der Waals surface area contributed by atoms with Gasteiger partial charge in [-0.2, -0.15) is 0 Å². The number of hydrogen-bond acceptors (Lipinski definition) is 4. The molecule has 0 spiro atoms. The SMILES string of the molecule is Cc1ccc(-c2nc(CNc3ccccc3CO)co2)cc1. The molecule has 0 saturated heterocycles. The summed E-state index contributed by atoms with van der Waals surface area (Å²) in [5.41, 5.74) is 4.77. The van der Waals surface area contributed by atoms with Crippen molar-refractivity contribution in [2.24, 2.45) is 0 Å². The van der Waals surface area contributed by atoms with Crippen molar-refractivity contribution in [3.8, 4) is 11.5 Å². The Kier molecular flexibility index (Phi) is 4.21. The molecule has 0 unspecified atom stereocenters. The Hall–Kier alpha value is -2.59. The van der Waals surface area contributed by atoms with E-state index in [1.54, 1.807) is 6.26 Å². The van der Waals surface area contributed by atoms with E-state index in [0.29, 0.717) is 12.4 Å². The molecule has 0 aliphatic heterocycles. The van der Waals surface area contributed by atoms with Crippen molar-refractivity contribution in [2.45, 2.75) is 20.1 Å². The third-order valence-electron chi connectivity index (χ3n) is 3.50. The molecule has 2 N–H and O–H groups in total. The maximum Gasteiger partial charge on any atom is 0.226 e. The zero-order chi connectivity index (χ0) is 15.4. The molecular formula is C18H18N2O2. The monoisotopic (exact) mass is 294 g/mol. The van der Waals surface area contributed by atoms with Crippen LogP contribution in [-0.4, -0.2) is 10.1 Å². The van der Waals surface area contributed by atoms with Crippen LogP contribution >= 0.6 is 0 Å². The van der Waals surface area contributed by atoms with Crippen LogP contribution in [-0.2, 0) is 13.2 Å². The summed E-state index contributed by atoms with van der Waals surface area (Å²) in [6.07, 6.45) is 1.66. The summed E-state index contributed by atoms with van der Waals surface area (Å²) in [5.74, 6) is 0.618. The van der Waals surface area contributed by atoms with Crippen molar-refractivity contribution in [3.63, 3.8) is 0 Å².